The molecule has 4 N–H and O–H groups in total. The van der Waals surface area contributed by atoms with E-state index in [2.05, 4.69) is 191 Å². The third-order valence-corrected chi connectivity index (χ3v) is 16.8. The first-order chi connectivity index (χ1) is 48.2. The van der Waals surface area contributed by atoms with Crippen LogP contribution >= 0.6 is 15.6 Å². The lowest BCUT2D eigenvalue weighted by atomic mass is 10.1. The van der Waals surface area contributed by atoms with Crippen molar-refractivity contribution in [3.05, 3.63) is 170 Å². The van der Waals surface area contributed by atoms with Gasteiger partial charge in [0.1, 0.15) is 25.4 Å². The second-order valence-corrected chi connectivity index (χ2v) is 27.3. The lowest BCUT2D eigenvalue weighted by molar-refractivity contribution is -0.161. The van der Waals surface area contributed by atoms with Crippen LogP contribution in [0.4, 0.5) is 0 Å². The Labute approximate surface area is 599 Å². The Balaban J connectivity index is 4.83. The standard InChI is InChI=1S/C81H132O16P2/c1-4-7-10-13-16-19-22-25-28-31-34-37-40-43-46-49-52-55-58-61-64-67-79(84)91-70-76(82)71-93-98(87,88)94-72-77(83)73-95-99(89,90)96-75-78(97-81(86)69-66-63-60-57-54-51-48-45-42-39-36-33-30-27-24-21-18-15-12-9-6-3)74-92-80(85)68-65-62-59-56-53-50-47-44-41-38-35-32-29-26-23-20-17-14-11-8-5-2/h7,10,16-21,25-30,34-39,43-48,52,55,76-78,82-83H,4-6,8-9,11-15,22-24,31-33,40-42,49-51,53-54,56-75H2,1-3H3,(H,87,88)(H,89,90)/b10-7-,19-16-,20-17-,21-18-,28-25-,29-26-,30-27-,37-34-,38-35-,39-36-,46-43-,47-44-,48-45-,55-52-. The molecule has 0 fully saturated rings. The minimum absolute atomic E-state index is 0.0711. The molecule has 0 rings (SSSR count). The largest absolute Gasteiger partial charge is 0.472 e. The molecule has 0 amide bonds. The molecule has 16 nitrogen and oxygen atoms in total. The molecule has 99 heavy (non-hydrogen) atoms. The SMILES string of the molecule is CC/C=C\C/C=C\C/C=C\C/C=C\C/C=C\C/C=C\CCCCC(=O)OCC(O)COP(=O)(O)OCC(O)COP(=O)(O)OCC(COC(=O)CCCCCCC/C=C\C/C=C\C/C=C\C/C=C\CCCCC)OC(=O)CCCCCCC/C=C\C/C=C\C/C=C\C/C=C\CCCCC. The molecule has 0 aromatic carbocycles. The first-order valence-corrected chi connectivity index (χ1v) is 40.4. The average molecular weight is 1420 g/mol. The molecule has 0 aromatic rings. The Morgan fingerprint density at radius 2 is 0.535 bits per heavy atom. The maximum atomic E-state index is 13.0. The highest BCUT2D eigenvalue weighted by Gasteiger charge is 2.29. The highest BCUT2D eigenvalue weighted by molar-refractivity contribution is 7.47. The van der Waals surface area contributed by atoms with Gasteiger partial charge >= 0.3 is 33.6 Å². The fourth-order valence-electron chi connectivity index (χ4n) is 9.19. The molecule has 0 aliphatic carbocycles. The van der Waals surface area contributed by atoms with Crippen LogP contribution in [0, 0.1) is 0 Å². The van der Waals surface area contributed by atoms with Crippen molar-refractivity contribution in [3.63, 3.8) is 0 Å². The average Bonchev–Trinajstić information content (AvgIpc) is 1.82. The Bertz CT molecular complexity index is 2480. The zero-order valence-electron chi connectivity index (χ0n) is 61.1. The van der Waals surface area contributed by atoms with Gasteiger partial charge < -0.3 is 34.2 Å². The Morgan fingerprint density at radius 3 is 0.869 bits per heavy atom. The minimum atomic E-state index is -4.95. The smallest absolute Gasteiger partial charge is 0.463 e. The summed E-state index contributed by atoms with van der Waals surface area (Å²) in [5.74, 6) is -1.67. The van der Waals surface area contributed by atoms with Crippen molar-refractivity contribution in [1.29, 1.82) is 0 Å². The number of ether oxygens (including phenoxy) is 3. The van der Waals surface area contributed by atoms with Gasteiger partial charge in [-0.05, 0) is 161 Å². The van der Waals surface area contributed by atoms with Crippen molar-refractivity contribution < 1.29 is 75.8 Å². The van der Waals surface area contributed by atoms with E-state index < -0.39 is 91.5 Å². The van der Waals surface area contributed by atoms with E-state index in [0.717, 1.165) is 161 Å². The third-order valence-electron chi connectivity index (χ3n) is 14.9. The van der Waals surface area contributed by atoms with Gasteiger partial charge in [0.15, 0.2) is 6.10 Å². The monoisotopic (exact) mass is 1420 g/mol. The van der Waals surface area contributed by atoms with Gasteiger partial charge in [0.25, 0.3) is 0 Å². The molecule has 18 heteroatoms. The molecule has 5 unspecified atom stereocenters. The number of carbonyl (C=O) groups excluding carboxylic acids is 3. The van der Waals surface area contributed by atoms with Crippen molar-refractivity contribution >= 4 is 33.6 Å². The highest BCUT2D eigenvalue weighted by atomic mass is 31.2. The van der Waals surface area contributed by atoms with Gasteiger partial charge in [0.2, 0.25) is 0 Å². The van der Waals surface area contributed by atoms with Crippen LogP contribution < -0.4 is 0 Å². The van der Waals surface area contributed by atoms with Gasteiger partial charge in [-0.15, -0.1) is 0 Å². The summed E-state index contributed by atoms with van der Waals surface area (Å²) in [5, 5.41) is 20.6. The molecule has 0 saturated carbocycles. The topological polar surface area (TPSA) is 231 Å². The number of aliphatic hydroxyl groups is 2. The zero-order chi connectivity index (χ0) is 72.3. The second kappa shape index (κ2) is 72.7. The summed E-state index contributed by atoms with van der Waals surface area (Å²) in [4.78, 5) is 58.6. The van der Waals surface area contributed by atoms with Crippen LogP contribution in [0.2, 0.25) is 0 Å². The van der Waals surface area contributed by atoms with Crippen LogP contribution in [0.3, 0.4) is 0 Å². The van der Waals surface area contributed by atoms with Crippen LogP contribution in [0.5, 0.6) is 0 Å². The molecular weight excluding hydrogens is 1290 g/mol. The summed E-state index contributed by atoms with van der Waals surface area (Å²) in [7, 11) is -9.83. The summed E-state index contributed by atoms with van der Waals surface area (Å²) >= 11 is 0. The van der Waals surface area contributed by atoms with Crippen LogP contribution in [0.25, 0.3) is 0 Å². The number of phosphoric acid groups is 2. The summed E-state index contributed by atoms with van der Waals surface area (Å²) in [6, 6.07) is 0. The van der Waals surface area contributed by atoms with Gasteiger partial charge in [-0.2, -0.15) is 0 Å². The summed E-state index contributed by atoms with van der Waals surface area (Å²) in [6.45, 7) is 2.39. The lowest BCUT2D eigenvalue weighted by Crippen LogP contribution is -2.30. The molecule has 562 valence electrons. The molecule has 0 spiro atoms. The van der Waals surface area contributed by atoms with Gasteiger partial charge in [0.05, 0.1) is 26.4 Å². The molecular formula is C81H132O16P2. The summed E-state index contributed by atoms with van der Waals surface area (Å²) in [6.07, 6.45) is 91.0. The molecule has 5 atom stereocenters. The molecule has 0 bridgehead atoms. The van der Waals surface area contributed by atoms with E-state index in [1.807, 2.05) is 0 Å². The molecule has 0 aliphatic rings. The van der Waals surface area contributed by atoms with E-state index >= 15 is 0 Å². The van der Waals surface area contributed by atoms with Crippen molar-refractivity contribution in [2.24, 2.45) is 0 Å². The minimum Gasteiger partial charge on any atom is -0.463 e. The van der Waals surface area contributed by atoms with Crippen LogP contribution in [0.1, 0.15) is 265 Å². The highest BCUT2D eigenvalue weighted by Crippen LogP contribution is 2.45. The number of hydrogen-bond acceptors (Lipinski definition) is 14. The number of phosphoric ester groups is 2. The number of rotatable bonds is 69. The first-order valence-electron chi connectivity index (χ1n) is 37.4. The van der Waals surface area contributed by atoms with Gasteiger partial charge in [-0.3, -0.25) is 32.5 Å². The number of aliphatic hydroxyl groups excluding tert-OH is 2. The Morgan fingerprint density at radius 1 is 0.293 bits per heavy atom. The van der Waals surface area contributed by atoms with E-state index in [0.29, 0.717) is 19.3 Å². The molecule has 0 heterocycles. The molecule has 0 aliphatic heterocycles. The number of allylic oxidation sites excluding steroid dienone is 28. The Kier molecular flexibility index (Phi) is 69.0. The van der Waals surface area contributed by atoms with Gasteiger partial charge in [-0.25, -0.2) is 9.13 Å². The van der Waals surface area contributed by atoms with E-state index in [1.54, 1.807) is 0 Å². The van der Waals surface area contributed by atoms with Crippen LogP contribution in [-0.4, -0.2) is 95.9 Å². The number of esters is 3. The lowest BCUT2D eigenvalue weighted by Gasteiger charge is -2.21. The number of carbonyl (C=O) groups is 3. The van der Waals surface area contributed by atoms with Gasteiger partial charge in [-0.1, -0.05) is 255 Å². The third kappa shape index (κ3) is 73.9. The summed E-state index contributed by atoms with van der Waals surface area (Å²) < 4.78 is 61.0. The van der Waals surface area contributed by atoms with Crippen molar-refractivity contribution in [2.75, 3.05) is 39.6 Å². The molecule has 0 aromatic heterocycles. The van der Waals surface area contributed by atoms with Crippen molar-refractivity contribution in [3.8, 4) is 0 Å². The van der Waals surface area contributed by atoms with E-state index in [-0.39, 0.29) is 19.3 Å². The summed E-state index contributed by atoms with van der Waals surface area (Å²) in [5.41, 5.74) is 0. The maximum absolute atomic E-state index is 13.0. The van der Waals surface area contributed by atoms with Gasteiger partial charge in [0, 0.05) is 19.3 Å². The quantitative estimate of drug-likeness (QED) is 0.0146. The predicted octanol–water partition coefficient (Wildman–Crippen LogP) is 21.6. The second-order valence-electron chi connectivity index (χ2n) is 24.4. The van der Waals surface area contributed by atoms with Crippen LogP contribution in [0.15, 0.2) is 170 Å². The van der Waals surface area contributed by atoms with E-state index in [1.165, 1.54) is 44.9 Å². The fraction of sp³-hybridized carbons (Fsp3) is 0.617. The van der Waals surface area contributed by atoms with Crippen molar-refractivity contribution in [2.45, 2.75) is 283 Å². The first kappa shape index (κ1) is 93.9. The molecule has 0 saturated heterocycles. The van der Waals surface area contributed by atoms with E-state index in [9.17, 15) is 43.5 Å². The van der Waals surface area contributed by atoms with Crippen molar-refractivity contribution in [1.82, 2.24) is 0 Å². The normalized spacial score (nSPS) is 15.0. The zero-order valence-corrected chi connectivity index (χ0v) is 62.9. The number of unbranched alkanes of at least 4 members (excludes halogenated alkanes) is 18. The van der Waals surface area contributed by atoms with E-state index in [4.69, 9.17) is 32.3 Å². The number of hydrogen-bond donors (Lipinski definition) is 4. The Hall–Kier alpha value is -5.09. The predicted molar refractivity (Wildman–Crippen MR) is 408 cm³/mol. The molecule has 0 radical (unpaired) electrons. The van der Waals surface area contributed by atoms with Crippen LogP contribution in [-0.2, 0) is 55.8 Å². The fourth-order valence-corrected chi connectivity index (χ4v) is 10.8. The maximum Gasteiger partial charge on any atom is 0.472 e.